The lowest BCUT2D eigenvalue weighted by atomic mass is 9.37. The Balaban J connectivity index is 1.93. The molecule has 4 aliphatic rings. The average molecular weight is 569 g/mol. The summed E-state index contributed by atoms with van der Waals surface area (Å²) in [5.41, 5.74) is -0.526. The van der Waals surface area contributed by atoms with Crippen LogP contribution in [0.2, 0.25) is 0 Å². The van der Waals surface area contributed by atoms with Gasteiger partial charge in [-0.15, -0.1) is 0 Å². The van der Waals surface area contributed by atoms with Crippen molar-refractivity contribution >= 4 is 29.5 Å². The number of carbonyl (C=O) groups excluding carboxylic acids is 4. The number of hydrogen-bond acceptors (Lipinski definition) is 7. The maximum absolute atomic E-state index is 14.7. The fourth-order valence-electron chi connectivity index (χ4n) is 9.19. The van der Waals surface area contributed by atoms with Gasteiger partial charge in [-0.05, 0) is 80.3 Å². The van der Waals surface area contributed by atoms with E-state index >= 15 is 0 Å². The molecule has 0 heterocycles. The van der Waals surface area contributed by atoms with Crippen molar-refractivity contribution in [1.29, 1.82) is 0 Å². The van der Waals surface area contributed by atoms with E-state index in [1.807, 2.05) is 39.8 Å². The van der Waals surface area contributed by atoms with Crippen LogP contribution in [0.1, 0.15) is 87.5 Å². The van der Waals surface area contributed by atoms with Crippen LogP contribution in [0, 0.1) is 39.9 Å². The molecule has 224 valence electrons. The van der Waals surface area contributed by atoms with Crippen LogP contribution in [0.25, 0.3) is 0 Å². The monoisotopic (exact) mass is 568 g/mol. The summed E-state index contributed by atoms with van der Waals surface area (Å²) in [7, 11) is 0. The van der Waals surface area contributed by atoms with Gasteiger partial charge in [0.25, 0.3) is 0 Å². The molecule has 0 bridgehead atoms. The van der Waals surface area contributed by atoms with E-state index in [9.17, 15) is 29.1 Å². The second-order valence-corrected chi connectivity index (χ2v) is 13.5. The van der Waals surface area contributed by atoms with Gasteiger partial charge in [0.1, 0.15) is 6.10 Å². The molecule has 4 aliphatic carbocycles. The van der Waals surface area contributed by atoms with E-state index in [4.69, 9.17) is 9.47 Å². The molecule has 0 radical (unpaired) electrons. The van der Waals surface area contributed by atoms with Crippen molar-refractivity contribution in [2.24, 2.45) is 39.9 Å². The quantitative estimate of drug-likeness (QED) is 0.257. The number of allylic oxidation sites excluding steroid dienone is 4. The predicted octanol–water partition coefficient (Wildman–Crippen LogP) is 5.40. The Labute approximate surface area is 242 Å². The zero-order valence-electron chi connectivity index (χ0n) is 25.5. The number of carboxylic acids is 1. The highest BCUT2D eigenvalue weighted by Gasteiger charge is 2.74. The fraction of sp³-hybridized carbons (Fsp3) is 0.667. The molecule has 9 atom stereocenters. The Morgan fingerprint density at radius 2 is 1.66 bits per heavy atom. The van der Waals surface area contributed by atoms with Crippen molar-refractivity contribution in [1.82, 2.24) is 0 Å². The van der Waals surface area contributed by atoms with E-state index < -0.39 is 58.2 Å². The zero-order chi connectivity index (χ0) is 30.7. The normalized spacial score (nSPS) is 40.6. The number of Topliss-reactive ketones (excluding diaryl/α,β-unsaturated/α-hetero) is 1. The van der Waals surface area contributed by atoms with Gasteiger partial charge in [0.2, 0.25) is 0 Å². The molecule has 0 unspecified atom stereocenters. The van der Waals surface area contributed by atoms with Gasteiger partial charge in [-0.2, -0.15) is 0 Å². The van der Waals surface area contributed by atoms with Crippen molar-refractivity contribution in [3.05, 3.63) is 34.9 Å². The van der Waals surface area contributed by atoms with E-state index in [1.165, 1.54) is 13.8 Å². The zero-order valence-corrected chi connectivity index (χ0v) is 25.5. The molecular formula is C33H44O8. The standard InChI is InChI=1S/C33H44O8/c1-17(2)10-9-11-21(30(38)39)26-22-12-13-25-31(6)15-14-23(36)18(3)27(31)28(41-20(5)35)29(37)33(25,8)32(22,7)16-24(26)40-19(4)34/h10,14-15,18,22,24-25,27-28H,9,11-13,16H2,1-8H3,(H,38,39)/t18-,22+,24+,25+,27-,28+,31-,32+,33-/m1/s1. The van der Waals surface area contributed by atoms with E-state index in [-0.39, 0.29) is 41.8 Å². The van der Waals surface area contributed by atoms with Gasteiger partial charge < -0.3 is 14.6 Å². The number of ether oxygens (including phenoxy) is 2. The number of carbonyl (C=O) groups is 5. The van der Waals surface area contributed by atoms with Gasteiger partial charge in [-0.1, -0.05) is 45.4 Å². The summed E-state index contributed by atoms with van der Waals surface area (Å²) in [6.45, 7) is 14.3. The molecule has 8 nitrogen and oxygen atoms in total. The maximum Gasteiger partial charge on any atom is 0.331 e. The van der Waals surface area contributed by atoms with Crippen LogP contribution in [-0.4, -0.2) is 46.8 Å². The van der Waals surface area contributed by atoms with Gasteiger partial charge in [0, 0.05) is 36.7 Å². The highest BCUT2D eigenvalue weighted by molar-refractivity contribution is 5.98. The van der Waals surface area contributed by atoms with Gasteiger partial charge in [0.15, 0.2) is 17.7 Å². The lowest BCUT2D eigenvalue weighted by molar-refractivity contribution is -0.207. The lowest BCUT2D eigenvalue weighted by Crippen LogP contribution is -2.69. The van der Waals surface area contributed by atoms with E-state index in [2.05, 4.69) is 6.92 Å². The Morgan fingerprint density at radius 3 is 2.22 bits per heavy atom. The van der Waals surface area contributed by atoms with Crippen LogP contribution < -0.4 is 0 Å². The van der Waals surface area contributed by atoms with Crippen molar-refractivity contribution in [3.8, 4) is 0 Å². The number of ketones is 2. The lowest BCUT2D eigenvalue weighted by Gasteiger charge is -2.66. The third-order valence-corrected chi connectivity index (χ3v) is 11.0. The molecule has 3 saturated carbocycles. The highest BCUT2D eigenvalue weighted by atomic mass is 16.5. The van der Waals surface area contributed by atoms with Crippen molar-refractivity contribution in [2.45, 2.75) is 99.7 Å². The third kappa shape index (κ3) is 4.71. The number of fused-ring (bicyclic) bond motifs is 5. The minimum absolute atomic E-state index is 0.0931. The molecule has 0 amide bonds. The van der Waals surface area contributed by atoms with Crippen LogP contribution in [-0.2, 0) is 33.4 Å². The Kier molecular flexibility index (Phi) is 8.04. The first kappa shape index (κ1) is 30.9. The van der Waals surface area contributed by atoms with Gasteiger partial charge in [0.05, 0.1) is 0 Å². The van der Waals surface area contributed by atoms with Crippen LogP contribution in [0.4, 0.5) is 0 Å². The van der Waals surface area contributed by atoms with E-state index in [0.717, 1.165) is 5.57 Å². The first-order valence-electron chi connectivity index (χ1n) is 14.7. The van der Waals surface area contributed by atoms with E-state index in [1.54, 1.807) is 13.0 Å². The number of carboxylic acid groups (broad SMARTS) is 1. The van der Waals surface area contributed by atoms with E-state index in [0.29, 0.717) is 24.8 Å². The summed E-state index contributed by atoms with van der Waals surface area (Å²) in [6.07, 6.45) is 5.95. The number of aliphatic carboxylic acids is 1. The van der Waals surface area contributed by atoms with Crippen LogP contribution in [0.15, 0.2) is 34.9 Å². The Bertz CT molecular complexity index is 1270. The minimum Gasteiger partial charge on any atom is -0.478 e. The summed E-state index contributed by atoms with van der Waals surface area (Å²) < 4.78 is 11.6. The summed E-state index contributed by atoms with van der Waals surface area (Å²) in [5.74, 6) is -3.98. The van der Waals surface area contributed by atoms with Crippen LogP contribution >= 0.6 is 0 Å². The molecule has 0 aliphatic heterocycles. The van der Waals surface area contributed by atoms with Gasteiger partial charge in [-0.3, -0.25) is 19.2 Å². The number of esters is 2. The summed E-state index contributed by atoms with van der Waals surface area (Å²) in [6, 6.07) is 0. The second-order valence-electron chi connectivity index (χ2n) is 13.5. The fourth-order valence-corrected chi connectivity index (χ4v) is 9.19. The van der Waals surface area contributed by atoms with Crippen molar-refractivity contribution in [3.63, 3.8) is 0 Å². The first-order valence-corrected chi connectivity index (χ1v) is 14.7. The molecule has 1 N–H and O–H groups in total. The Hall–Kier alpha value is -3.03. The van der Waals surface area contributed by atoms with Gasteiger partial charge >= 0.3 is 17.9 Å². The Morgan fingerprint density at radius 1 is 1.02 bits per heavy atom. The maximum atomic E-state index is 14.7. The highest BCUT2D eigenvalue weighted by Crippen LogP contribution is 2.73. The molecule has 41 heavy (non-hydrogen) atoms. The first-order chi connectivity index (χ1) is 19.0. The van der Waals surface area contributed by atoms with Crippen molar-refractivity contribution in [2.75, 3.05) is 0 Å². The molecule has 0 aromatic rings. The molecule has 3 fully saturated rings. The molecular weight excluding hydrogens is 524 g/mol. The number of hydrogen-bond donors (Lipinski definition) is 1. The molecule has 0 spiro atoms. The molecule has 0 saturated heterocycles. The molecule has 0 aromatic heterocycles. The SMILES string of the molecule is CC(=O)O[C@H]1C[C@@]2(C)[C@@H](CC[C@H]3[C@@]4(C)C=CC(=O)[C@@H](C)[C@@H]4[C@H](OC(C)=O)C(=O)[C@@]32C)C1=C(CCC=C(C)C)C(=O)O. The predicted molar refractivity (Wildman–Crippen MR) is 151 cm³/mol. The second kappa shape index (κ2) is 10.7. The van der Waals surface area contributed by atoms with Crippen LogP contribution in [0.3, 0.4) is 0 Å². The summed E-state index contributed by atoms with van der Waals surface area (Å²) in [5, 5.41) is 10.4. The summed E-state index contributed by atoms with van der Waals surface area (Å²) in [4.78, 5) is 64.9. The van der Waals surface area contributed by atoms with Crippen LogP contribution in [0.5, 0.6) is 0 Å². The molecule has 8 heteroatoms. The largest absolute Gasteiger partial charge is 0.478 e. The summed E-state index contributed by atoms with van der Waals surface area (Å²) >= 11 is 0. The number of rotatable bonds is 6. The third-order valence-electron chi connectivity index (χ3n) is 11.0. The average Bonchev–Trinajstić information content (AvgIpc) is 3.14. The molecule has 0 aromatic carbocycles. The smallest absolute Gasteiger partial charge is 0.331 e. The molecule has 4 rings (SSSR count). The van der Waals surface area contributed by atoms with Crippen molar-refractivity contribution < 1.29 is 38.6 Å². The topological polar surface area (TPSA) is 124 Å². The van der Waals surface area contributed by atoms with Gasteiger partial charge in [-0.25, -0.2) is 4.79 Å². The minimum atomic E-state index is -1.12.